The van der Waals surface area contributed by atoms with Crippen molar-refractivity contribution in [1.82, 2.24) is 14.8 Å². The van der Waals surface area contributed by atoms with E-state index in [1.165, 1.54) is 6.33 Å². The van der Waals surface area contributed by atoms with Gasteiger partial charge in [-0.15, -0.1) is 0 Å². The van der Waals surface area contributed by atoms with E-state index < -0.39 is 5.60 Å². The SMILES string of the molecule is CC(C)C(O)(Cn1cncn1)/C(Cl)=C\c1ccc(Cl)cc1. The number of aromatic nitrogens is 3. The number of hydrogen-bond donors (Lipinski definition) is 1. The third-order valence-corrected chi connectivity index (χ3v) is 4.09. The van der Waals surface area contributed by atoms with Crippen LogP contribution in [0.3, 0.4) is 0 Å². The molecule has 2 aromatic rings. The van der Waals surface area contributed by atoms with Crippen LogP contribution < -0.4 is 0 Å². The number of nitrogens with zero attached hydrogens (tertiary/aromatic N) is 3. The van der Waals surface area contributed by atoms with Crippen LogP contribution in [-0.4, -0.2) is 25.5 Å². The number of aliphatic hydroxyl groups is 1. The Kier molecular flexibility index (Phi) is 5.04. The predicted molar refractivity (Wildman–Crippen MR) is 85.1 cm³/mol. The Morgan fingerprint density at radius 3 is 2.57 bits per heavy atom. The first-order valence-electron chi connectivity index (χ1n) is 6.60. The van der Waals surface area contributed by atoms with Gasteiger partial charge in [-0.1, -0.05) is 49.2 Å². The fourth-order valence-corrected chi connectivity index (χ4v) is 2.46. The van der Waals surface area contributed by atoms with Gasteiger partial charge in [0, 0.05) is 5.02 Å². The molecule has 6 heteroatoms. The van der Waals surface area contributed by atoms with Crippen molar-refractivity contribution in [3.05, 3.63) is 52.5 Å². The van der Waals surface area contributed by atoms with Gasteiger partial charge < -0.3 is 5.11 Å². The summed E-state index contributed by atoms with van der Waals surface area (Å²) in [6.45, 7) is 4.07. The zero-order chi connectivity index (χ0) is 15.5. The first-order valence-corrected chi connectivity index (χ1v) is 7.35. The summed E-state index contributed by atoms with van der Waals surface area (Å²) in [6.07, 6.45) is 4.73. The summed E-state index contributed by atoms with van der Waals surface area (Å²) in [6, 6.07) is 7.26. The van der Waals surface area contributed by atoms with Gasteiger partial charge in [0.15, 0.2) is 0 Å². The summed E-state index contributed by atoms with van der Waals surface area (Å²) in [5.74, 6) is -0.0854. The molecule has 21 heavy (non-hydrogen) atoms. The molecule has 0 aliphatic carbocycles. The Balaban J connectivity index is 2.30. The molecule has 1 unspecified atom stereocenters. The minimum atomic E-state index is -1.21. The molecule has 2 rings (SSSR count). The van der Waals surface area contributed by atoms with Crippen LogP contribution in [0.1, 0.15) is 19.4 Å². The monoisotopic (exact) mass is 325 g/mol. The Morgan fingerprint density at radius 2 is 2.05 bits per heavy atom. The van der Waals surface area contributed by atoms with Crippen LogP contribution in [0.25, 0.3) is 6.08 Å². The van der Waals surface area contributed by atoms with Crippen LogP contribution in [0, 0.1) is 5.92 Å². The van der Waals surface area contributed by atoms with Crippen molar-refractivity contribution in [2.24, 2.45) is 5.92 Å². The Morgan fingerprint density at radius 1 is 1.38 bits per heavy atom. The van der Waals surface area contributed by atoms with Crippen LogP contribution in [-0.2, 0) is 6.54 Å². The van der Waals surface area contributed by atoms with Gasteiger partial charge in [0.1, 0.15) is 18.3 Å². The molecule has 0 fully saturated rings. The lowest BCUT2D eigenvalue weighted by molar-refractivity contribution is 0.0193. The molecule has 112 valence electrons. The molecule has 0 bridgehead atoms. The lowest BCUT2D eigenvalue weighted by Crippen LogP contribution is -2.40. The van der Waals surface area contributed by atoms with Crippen LogP contribution in [0.2, 0.25) is 5.02 Å². The third-order valence-electron chi connectivity index (χ3n) is 3.40. The van der Waals surface area contributed by atoms with Crippen LogP contribution in [0.5, 0.6) is 0 Å². The van der Waals surface area contributed by atoms with Gasteiger partial charge in [0.05, 0.1) is 11.6 Å². The molecule has 0 aliphatic heterocycles. The summed E-state index contributed by atoms with van der Waals surface area (Å²) in [7, 11) is 0. The zero-order valence-electron chi connectivity index (χ0n) is 11.9. The maximum absolute atomic E-state index is 10.9. The molecule has 1 aromatic carbocycles. The number of rotatable bonds is 5. The topological polar surface area (TPSA) is 50.9 Å². The summed E-state index contributed by atoms with van der Waals surface area (Å²) in [5, 5.41) is 16.0. The van der Waals surface area contributed by atoms with Gasteiger partial charge >= 0.3 is 0 Å². The fourth-order valence-electron chi connectivity index (χ4n) is 1.93. The molecular weight excluding hydrogens is 309 g/mol. The molecule has 1 N–H and O–H groups in total. The van der Waals surface area contributed by atoms with E-state index in [1.54, 1.807) is 29.2 Å². The first-order chi connectivity index (χ1) is 9.91. The minimum absolute atomic E-state index is 0.0854. The highest BCUT2D eigenvalue weighted by molar-refractivity contribution is 6.32. The van der Waals surface area contributed by atoms with Crippen molar-refractivity contribution in [2.45, 2.75) is 26.0 Å². The van der Waals surface area contributed by atoms with E-state index in [-0.39, 0.29) is 12.5 Å². The zero-order valence-corrected chi connectivity index (χ0v) is 13.4. The highest BCUT2D eigenvalue weighted by Crippen LogP contribution is 2.32. The van der Waals surface area contributed by atoms with Crippen molar-refractivity contribution in [3.8, 4) is 0 Å². The molecule has 0 amide bonds. The van der Waals surface area contributed by atoms with Gasteiger partial charge in [0.25, 0.3) is 0 Å². The van der Waals surface area contributed by atoms with Gasteiger partial charge in [-0.3, -0.25) is 0 Å². The second-order valence-corrected chi connectivity index (χ2v) is 6.06. The standard InChI is InChI=1S/C15H17Cl2N3O/c1-11(2)15(21,8-20-10-18-9-19-20)14(17)7-12-3-5-13(16)6-4-12/h3-7,9-11,21H,8H2,1-2H3/b14-7+. The largest absolute Gasteiger partial charge is 0.382 e. The molecule has 0 saturated heterocycles. The molecule has 4 nitrogen and oxygen atoms in total. The van der Waals surface area contributed by atoms with Crippen molar-refractivity contribution < 1.29 is 5.11 Å². The molecule has 1 heterocycles. The second kappa shape index (κ2) is 6.60. The lowest BCUT2D eigenvalue weighted by Gasteiger charge is -2.31. The maximum atomic E-state index is 10.9. The Bertz CT molecular complexity index is 608. The molecule has 0 aliphatic rings. The lowest BCUT2D eigenvalue weighted by atomic mass is 9.89. The van der Waals surface area contributed by atoms with E-state index in [0.717, 1.165) is 5.56 Å². The smallest absolute Gasteiger partial charge is 0.137 e. The predicted octanol–water partition coefficient (Wildman–Crippen LogP) is 3.60. The van der Waals surface area contributed by atoms with Gasteiger partial charge in [-0.25, -0.2) is 9.67 Å². The summed E-state index contributed by atoms with van der Waals surface area (Å²) >= 11 is 12.3. The van der Waals surface area contributed by atoms with Gasteiger partial charge in [0.2, 0.25) is 0 Å². The summed E-state index contributed by atoms with van der Waals surface area (Å²) in [4.78, 5) is 3.88. The highest BCUT2D eigenvalue weighted by Gasteiger charge is 2.35. The molecule has 1 atom stereocenters. The molecule has 0 saturated carbocycles. The molecular formula is C15H17Cl2N3O. The van der Waals surface area contributed by atoms with E-state index in [9.17, 15) is 5.11 Å². The van der Waals surface area contributed by atoms with Crippen LogP contribution in [0.4, 0.5) is 0 Å². The first kappa shape index (κ1) is 16.0. The summed E-state index contributed by atoms with van der Waals surface area (Å²) < 4.78 is 1.57. The average molecular weight is 326 g/mol. The quantitative estimate of drug-likeness (QED) is 0.913. The maximum Gasteiger partial charge on any atom is 0.137 e. The van der Waals surface area contributed by atoms with Crippen molar-refractivity contribution in [2.75, 3.05) is 0 Å². The van der Waals surface area contributed by atoms with Crippen molar-refractivity contribution in [1.29, 1.82) is 0 Å². The number of halogens is 2. The van der Waals surface area contributed by atoms with E-state index >= 15 is 0 Å². The normalized spacial score (nSPS) is 15.2. The van der Waals surface area contributed by atoms with Crippen LogP contribution >= 0.6 is 23.2 Å². The minimum Gasteiger partial charge on any atom is -0.382 e. The average Bonchev–Trinajstić information content (AvgIpc) is 2.93. The molecule has 0 spiro atoms. The fraction of sp³-hybridized carbons (Fsp3) is 0.333. The van der Waals surface area contributed by atoms with Crippen molar-refractivity contribution in [3.63, 3.8) is 0 Å². The van der Waals surface area contributed by atoms with Gasteiger partial charge in [-0.05, 0) is 29.7 Å². The van der Waals surface area contributed by atoms with E-state index in [4.69, 9.17) is 23.2 Å². The van der Waals surface area contributed by atoms with E-state index in [0.29, 0.717) is 10.1 Å². The molecule has 0 radical (unpaired) electrons. The van der Waals surface area contributed by atoms with Crippen LogP contribution in [0.15, 0.2) is 42.0 Å². The van der Waals surface area contributed by atoms with Crippen molar-refractivity contribution >= 4 is 29.3 Å². The molecule has 1 aromatic heterocycles. The number of hydrogen-bond acceptors (Lipinski definition) is 3. The highest BCUT2D eigenvalue weighted by atomic mass is 35.5. The van der Waals surface area contributed by atoms with E-state index in [2.05, 4.69) is 10.1 Å². The summed E-state index contributed by atoms with van der Waals surface area (Å²) in [5.41, 5.74) is -0.336. The third kappa shape index (κ3) is 3.84. The Hall–Kier alpha value is -1.36. The second-order valence-electron chi connectivity index (χ2n) is 5.22. The van der Waals surface area contributed by atoms with Gasteiger partial charge in [-0.2, -0.15) is 5.10 Å². The number of benzene rings is 1. The van der Waals surface area contributed by atoms with E-state index in [1.807, 2.05) is 26.0 Å². The Labute approximate surface area is 134 Å².